The van der Waals surface area contributed by atoms with Crippen LogP contribution in [0.5, 0.6) is 0 Å². The molecule has 1 aromatic heterocycles. The van der Waals surface area contributed by atoms with E-state index in [1.807, 2.05) is 23.1 Å². The Balaban J connectivity index is 1.59. The Kier molecular flexibility index (Phi) is 4.57. The monoisotopic (exact) mass is 236 g/mol. The van der Waals surface area contributed by atoms with Crippen molar-refractivity contribution < 1.29 is 0 Å². The van der Waals surface area contributed by atoms with Crippen LogP contribution in [0.1, 0.15) is 26.2 Å². The molecule has 0 amide bonds. The Labute approximate surface area is 104 Å². The molecule has 96 valence electrons. The van der Waals surface area contributed by atoms with Crippen LogP contribution in [0.15, 0.2) is 18.5 Å². The lowest BCUT2D eigenvalue weighted by molar-refractivity contribution is 0.168. The van der Waals surface area contributed by atoms with E-state index in [2.05, 4.69) is 29.3 Å². The first-order valence-corrected chi connectivity index (χ1v) is 6.67. The smallest absolute Gasteiger partial charge is 0.0489 e. The number of nitrogens with zero attached hydrogens (tertiary/aromatic N) is 3. The van der Waals surface area contributed by atoms with E-state index in [4.69, 9.17) is 0 Å². The number of hydrogen-bond acceptors (Lipinski definition) is 3. The summed E-state index contributed by atoms with van der Waals surface area (Å²) < 4.78 is 2.00. The molecule has 4 heteroatoms. The molecular weight excluding hydrogens is 212 g/mol. The van der Waals surface area contributed by atoms with Crippen molar-refractivity contribution in [1.29, 1.82) is 0 Å². The van der Waals surface area contributed by atoms with E-state index >= 15 is 0 Å². The first-order chi connectivity index (χ1) is 8.25. The van der Waals surface area contributed by atoms with Crippen LogP contribution in [0.3, 0.4) is 0 Å². The fraction of sp³-hybridized carbons (Fsp3) is 0.769. The number of piperidine rings is 1. The van der Waals surface area contributed by atoms with Crippen LogP contribution in [-0.4, -0.2) is 46.9 Å². The second-order valence-corrected chi connectivity index (χ2v) is 5.13. The zero-order valence-electron chi connectivity index (χ0n) is 11.0. The predicted octanol–water partition coefficient (Wildman–Crippen LogP) is 1.35. The molecule has 1 saturated heterocycles. The zero-order chi connectivity index (χ0) is 12.1. The Morgan fingerprint density at radius 2 is 2.35 bits per heavy atom. The standard InChI is InChI=1S/C13H24N4/c1-12-11-13(5-10-16(12)2)14-6-3-8-17-9-4-7-15-17/h4,7,9,12-14H,3,5-6,8,10-11H2,1-2H3. The lowest BCUT2D eigenvalue weighted by Crippen LogP contribution is -2.45. The Morgan fingerprint density at radius 1 is 1.47 bits per heavy atom. The van der Waals surface area contributed by atoms with Crippen molar-refractivity contribution in [2.24, 2.45) is 0 Å². The third kappa shape index (κ3) is 3.82. The van der Waals surface area contributed by atoms with Crippen molar-refractivity contribution in [2.75, 3.05) is 20.1 Å². The van der Waals surface area contributed by atoms with Gasteiger partial charge in [-0.3, -0.25) is 4.68 Å². The van der Waals surface area contributed by atoms with Gasteiger partial charge in [0, 0.05) is 31.0 Å². The number of rotatable bonds is 5. The van der Waals surface area contributed by atoms with Crippen molar-refractivity contribution in [3.05, 3.63) is 18.5 Å². The van der Waals surface area contributed by atoms with E-state index in [0.717, 1.165) is 19.5 Å². The molecule has 0 radical (unpaired) electrons. The van der Waals surface area contributed by atoms with Gasteiger partial charge in [-0.1, -0.05) is 0 Å². The molecule has 1 fully saturated rings. The van der Waals surface area contributed by atoms with Gasteiger partial charge >= 0.3 is 0 Å². The maximum absolute atomic E-state index is 4.20. The Bertz CT molecular complexity index is 309. The van der Waals surface area contributed by atoms with E-state index in [1.54, 1.807) is 0 Å². The molecule has 0 saturated carbocycles. The minimum absolute atomic E-state index is 0.707. The predicted molar refractivity (Wildman–Crippen MR) is 70.0 cm³/mol. The van der Waals surface area contributed by atoms with Gasteiger partial charge < -0.3 is 10.2 Å². The molecule has 2 atom stereocenters. The van der Waals surface area contributed by atoms with Crippen LogP contribution in [0, 0.1) is 0 Å². The molecular formula is C13H24N4. The molecule has 0 bridgehead atoms. The highest BCUT2D eigenvalue weighted by atomic mass is 15.3. The van der Waals surface area contributed by atoms with Crippen LogP contribution in [-0.2, 0) is 6.54 Å². The van der Waals surface area contributed by atoms with Gasteiger partial charge in [-0.25, -0.2) is 0 Å². The SMILES string of the molecule is CC1CC(NCCCn2cccn2)CCN1C. The summed E-state index contributed by atoms with van der Waals surface area (Å²) in [6.45, 7) is 5.65. The summed E-state index contributed by atoms with van der Waals surface area (Å²) in [5.41, 5.74) is 0. The summed E-state index contributed by atoms with van der Waals surface area (Å²) in [6.07, 6.45) is 7.58. The van der Waals surface area contributed by atoms with Crippen LogP contribution >= 0.6 is 0 Å². The van der Waals surface area contributed by atoms with Gasteiger partial charge in [0.2, 0.25) is 0 Å². The van der Waals surface area contributed by atoms with Gasteiger partial charge in [-0.2, -0.15) is 5.10 Å². The Morgan fingerprint density at radius 3 is 3.06 bits per heavy atom. The van der Waals surface area contributed by atoms with Gasteiger partial charge in [0.25, 0.3) is 0 Å². The molecule has 1 N–H and O–H groups in total. The summed E-state index contributed by atoms with van der Waals surface area (Å²) in [6, 6.07) is 3.40. The van der Waals surface area contributed by atoms with Gasteiger partial charge in [-0.05, 0) is 52.4 Å². The number of hydrogen-bond donors (Lipinski definition) is 1. The van der Waals surface area contributed by atoms with E-state index in [1.165, 1.54) is 19.4 Å². The normalized spacial score (nSPS) is 26.2. The largest absolute Gasteiger partial charge is 0.314 e. The molecule has 0 aliphatic carbocycles. The average molecular weight is 236 g/mol. The second-order valence-electron chi connectivity index (χ2n) is 5.13. The molecule has 1 aliphatic heterocycles. The van der Waals surface area contributed by atoms with E-state index in [0.29, 0.717) is 12.1 Å². The van der Waals surface area contributed by atoms with Crippen LogP contribution < -0.4 is 5.32 Å². The highest BCUT2D eigenvalue weighted by Gasteiger charge is 2.21. The summed E-state index contributed by atoms with van der Waals surface area (Å²) in [4.78, 5) is 2.45. The molecule has 4 nitrogen and oxygen atoms in total. The van der Waals surface area contributed by atoms with Gasteiger partial charge in [0.1, 0.15) is 0 Å². The summed E-state index contributed by atoms with van der Waals surface area (Å²) >= 11 is 0. The topological polar surface area (TPSA) is 33.1 Å². The van der Waals surface area contributed by atoms with Crippen LogP contribution in [0.2, 0.25) is 0 Å². The van der Waals surface area contributed by atoms with E-state index < -0.39 is 0 Å². The van der Waals surface area contributed by atoms with E-state index in [9.17, 15) is 0 Å². The van der Waals surface area contributed by atoms with Crippen molar-refractivity contribution in [3.8, 4) is 0 Å². The third-order valence-corrected chi connectivity index (χ3v) is 3.76. The highest BCUT2D eigenvalue weighted by molar-refractivity contribution is 4.81. The summed E-state index contributed by atoms with van der Waals surface area (Å²) in [5.74, 6) is 0. The molecule has 17 heavy (non-hydrogen) atoms. The van der Waals surface area contributed by atoms with E-state index in [-0.39, 0.29) is 0 Å². The number of likely N-dealkylation sites (tertiary alicyclic amines) is 1. The first kappa shape index (κ1) is 12.6. The fourth-order valence-electron chi connectivity index (χ4n) is 2.45. The molecule has 0 aromatic carbocycles. The maximum Gasteiger partial charge on any atom is 0.0489 e. The molecule has 0 spiro atoms. The highest BCUT2D eigenvalue weighted by Crippen LogP contribution is 2.14. The molecule has 2 rings (SSSR count). The Hall–Kier alpha value is -0.870. The van der Waals surface area contributed by atoms with Gasteiger partial charge in [-0.15, -0.1) is 0 Å². The lowest BCUT2D eigenvalue weighted by Gasteiger charge is -2.35. The number of aromatic nitrogens is 2. The fourth-order valence-corrected chi connectivity index (χ4v) is 2.45. The minimum Gasteiger partial charge on any atom is -0.314 e. The maximum atomic E-state index is 4.20. The summed E-state index contributed by atoms with van der Waals surface area (Å²) in [5, 5.41) is 7.87. The molecule has 2 unspecified atom stereocenters. The quantitative estimate of drug-likeness (QED) is 0.783. The third-order valence-electron chi connectivity index (χ3n) is 3.76. The lowest BCUT2D eigenvalue weighted by atomic mass is 9.99. The van der Waals surface area contributed by atoms with Crippen molar-refractivity contribution in [1.82, 2.24) is 20.0 Å². The van der Waals surface area contributed by atoms with Gasteiger partial charge in [0.15, 0.2) is 0 Å². The average Bonchev–Trinajstić information content (AvgIpc) is 2.82. The minimum atomic E-state index is 0.707. The molecule has 1 aliphatic rings. The van der Waals surface area contributed by atoms with Crippen molar-refractivity contribution in [3.63, 3.8) is 0 Å². The zero-order valence-corrected chi connectivity index (χ0v) is 11.0. The number of aryl methyl sites for hydroxylation is 1. The first-order valence-electron chi connectivity index (χ1n) is 6.67. The second kappa shape index (κ2) is 6.17. The molecule has 2 heterocycles. The van der Waals surface area contributed by atoms with Crippen molar-refractivity contribution in [2.45, 2.75) is 44.8 Å². The van der Waals surface area contributed by atoms with Crippen molar-refractivity contribution >= 4 is 0 Å². The van der Waals surface area contributed by atoms with Gasteiger partial charge in [0.05, 0.1) is 0 Å². The number of nitrogens with one attached hydrogen (secondary N) is 1. The summed E-state index contributed by atoms with van der Waals surface area (Å²) in [7, 11) is 2.22. The van der Waals surface area contributed by atoms with Crippen LogP contribution in [0.4, 0.5) is 0 Å². The van der Waals surface area contributed by atoms with Crippen LogP contribution in [0.25, 0.3) is 0 Å². The molecule has 1 aromatic rings.